The van der Waals surface area contributed by atoms with Crippen LogP contribution in [0.3, 0.4) is 0 Å². The average Bonchev–Trinajstić information content (AvgIpc) is 2.74. The number of halogens is 1. The fourth-order valence-corrected chi connectivity index (χ4v) is 3.65. The van der Waals surface area contributed by atoms with Gasteiger partial charge in [0, 0.05) is 30.2 Å². The number of anilines is 1. The van der Waals surface area contributed by atoms with Crippen LogP contribution in [0.4, 0.5) is 5.13 Å². The minimum absolute atomic E-state index is 0.484. The number of benzene rings is 1. The summed E-state index contributed by atoms with van der Waals surface area (Å²) >= 11 is 7.75. The standard InChI is InChI=1S/C13H16ClN3S/c1-8-7-17(9(2)6-15-8)13-16-11-4-3-10(14)5-12(11)18-13/h3-5,8-9,15H,6-7H2,1-2H3/t8-,9+/m1/s1. The van der Waals surface area contributed by atoms with Crippen LogP contribution in [0.1, 0.15) is 13.8 Å². The zero-order valence-corrected chi connectivity index (χ0v) is 12.1. The van der Waals surface area contributed by atoms with E-state index in [2.05, 4.69) is 24.1 Å². The fraction of sp³-hybridized carbons (Fsp3) is 0.462. The van der Waals surface area contributed by atoms with Gasteiger partial charge in [0.1, 0.15) is 0 Å². The first kappa shape index (κ1) is 12.2. The summed E-state index contributed by atoms with van der Waals surface area (Å²) in [7, 11) is 0. The van der Waals surface area contributed by atoms with E-state index in [1.807, 2.05) is 18.2 Å². The normalized spacial score (nSPS) is 24.7. The van der Waals surface area contributed by atoms with Gasteiger partial charge in [-0.15, -0.1) is 0 Å². The van der Waals surface area contributed by atoms with Gasteiger partial charge < -0.3 is 10.2 Å². The molecule has 0 radical (unpaired) electrons. The van der Waals surface area contributed by atoms with Crippen LogP contribution in [-0.4, -0.2) is 30.2 Å². The molecule has 0 aliphatic carbocycles. The van der Waals surface area contributed by atoms with E-state index in [0.29, 0.717) is 12.1 Å². The van der Waals surface area contributed by atoms with Crippen molar-refractivity contribution < 1.29 is 0 Å². The zero-order valence-electron chi connectivity index (χ0n) is 10.5. The number of aromatic nitrogens is 1. The van der Waals surface area contributed by atoms with Crippen LogP contribution >= 0.6 is 22.9 Å². The first-order valence-electron chi connectivity index (χ1n) is 6.19. The topological polar surface area (TPSA) is 28.2 Å². The highest BCUT2D eigenvalue weighted by Gasteiger charge is 2.24. The second-order valence-electron chi connectivity index (χ2n) is 4.92. The van der Waals surface area contributed by atoms with Crippen LogP contribution in [-0.2, 0) is 0 Å². The molecule has 2 aromatic rings. The van der Waals surface area contributed by atoms with E-state index in [4.69, 9.17) is 16.6 Å². The third-order valence-corrected chi connectivity index (χ3v) is 4.64. The minimum Gasteiger partial charge on any atom is -0.343 e. The maximum atomic E-state index is 6.02. The Balaban J connectivity index is 1.97. The van der Waals surface area contributed by atoms with E-state index < -0.39 is 0 Å². The molecule has 18 heavy (non-hydrogen) atoms. The summed E-state index contributed by atoms with van der Waals surface area (Å²) in [6, 6.07) is 6.88. The molecule has 0 unspecified atom stereocenters. The molecule has 96 valence electrons. The lowest BCUT2D eigenvalue weighted by Crippen LogP contribution is -2.54. The van der Waals surface area contributed by atoms with Crippen molar-refractivity contribution in [3.05, 3.63) is 23.2 Å². The van der Waals surface area contributed by atoms with Crippen molar-refractivity contribution in [3.8, 4) is 0 Å². The summed E-state index contributed by atoms with van der Waals surface area (Å²) in [6.07, 6.45) is 0. The molecule has 1 aromatic heterocycles. The number of rotatable bonds is 1. The second-order valence-corrected chi connectivity index (χ2v) is 6.36. The van der Waals surface area contributed by atoms with Crippen molar-refractivity contribution in [2.75, 3.05) is 18.0 Å². The molecular formula is C13H16ClN3S. The van der Waals surface area contributed by atoms with Gasteiger partial charge in [0.15, 0.2) is 5.13 Å². The molecule has 2 atom stereocenters. The number of thiazole rings is 1. The third kappa shape index (κ3) is 2.20. The van der Waals surface area contributed by atoms with Gasteiger partial charge in [-0.05, 0) is 32.0 Å². The Kier molecular flexibility index (Phi) is 3.18. The molecule has 1 aromatic carbocycles. The number of nitrogens with one attached hydrogen (secondary N) is 1. The van der Waals surface area contributed by atoms with Crippen LogP contribution in [0.5, 0.6) is 0 Å². The van der Waals surface area contributed by atoms with Gasteiger partial charge in [-0.3, -0.25) is 0 Å². The van der Waals surface area contributed by atoms with Crippen LogP contribution in [0.25, 0.3) is 10.2 Å². The van der Waals surface area contributed by atoms with E-state index >= 15 is 0 Å². The first-order valence-corrected chi connectivity index (χ1v) is 7.39. The van der Waals surface area contributed by atoms with E-state index in [1.54, 1.807) is 11.3 Å². The van der Waals surface area contributed by atoms with Crippen molar-refractivity contribution in [2.24, 2.45) is 0 Å². The molecule has 1 fully saturated rings. The molecule has 1 N–H and O–H groups in total. The van der Waals surface area contributed by atoms with Crippen molar-refractivity contribution in [1.82, 2.24) is 10.3 Å². The summed E-state index contributed by atoms with van der Waals surface area (Å²) in [5.74, 6) is 0. The molecular weight excluding hydrogens is 266 g/mol. The van der Waals surface area contributed by atoms with Gasteiger partial charge in [-0.1, -0.05) is 22.9 Å². The molecule has 3 nitrogen and oxygen atoms in total. The highest BCUT2D eigenvalue weighted by atomic mass is 35.5. The van der Waals surface area contributed by atoms with Gasteiger partial charge in [0.05, 0.1) is 10.2 Å². The van der Waals surface area contributed by atoms with Crippen molar-refractivity contribution in [3.63, 3.8) is 0 Å². The monoisotopic (exact) mass is 281 g/mol. The van der Waals surface area contributed by atoms with Gasteiger partial charge >= 0.3 is 0 Å². The summed E-state index contributed by atoms with van der Waals surface area (Å²) in [5, 5.41) is 5.37. The Labute approximate surface area is 116 Å². The Morgan fingerprint density at radius 2 is 2.28 bits per heavy atom. The van der Waals surface area contributed by atoms with Gasteiger partial charge in [-0.25, -0.2) is 4.98 Å². The fourth-order valence-electron chi connectivity index (χ4n) is 2.30. The Hall–Kier alpha value is -0.840. The number of fused-ring (bicyclic) bond motifs is 1. The average molecular weight is 282 g/mol. The van der Waals surface area contributed by atoms with Crippen molar-refractivity contribution in [2.45, 2.75) is 25.9 Å². The molecule has 1 saturated heterocycles. The Bertz CT molecular complexity index is 568. The van der Waals surface area contributed by atoms with Gasteiger partial charge in [0.25, 0.3) is 0 Å². The molecule has 3 rings (SSSR count). The number of nitrogens with zero attached hydrogens (tertiary/aromatic N) is 2. The maximum Gasteiger partial charge on any atom is 0.186 e. The van der Waals surface area contributed by atoms with Crippen LogP contribution in [0.2, 0.25) is 5.02 Å². The number of hydrogen-bond donors (Lipinski definition) is 1. The Morgan fingerprint density at radius 1 is 1.44 bits per heavy atom. The van der Waals surface area contributed by atoms with Crippen LogP contribution in [0.15, 0.2) is 18.2 Å². The largest absolute Gasteiger partial charge is 0.343 e. The third-order valence-electron chi connectivity index (χ3n) is 3.35. The van der Waals surface area contributed by atoms with Crippen LogP contribution in [0, 0.1) is 0 Å². The molecule has 1 aliphatic rings. The summed E-state index contributed by atoms with van der Waals surface area (Å²) in [4.78, 5) is 7.11. The highest BCUT2D eigenvalue weighted by Crippen LogP contribution is 2.32. The molecule has 5 heteroatoms. The zero-order chi connectivity index (χ0) is 12.7. The van der Waals surface area contributed by atoms with Crippen molar-refractivity contribution in [1.29, 1.82) is 0 Å². The number of hydrogen-bond acceptors (Lipinski definition) is 4. The highest BCUT2D eigenvalue weighted by molar-refractivity contribution is 7.22. The maximum absolute atomic E-state index is 6.02. The molecule has 0 bridgehead atoms. The van der Waals surface area contributed by atoms with E-state index in [1.165, 1.54) is 0 Å². The lowest BCUT2D eigenvalue weighted by atomic mass is 10.1. The summed E-state index contributed by atoms with van der Waals surface area (Å²) in [5.41, 5.74) is 1.04. The molecule has 0 saturated carbocycles. The van der Waals surface area contributed by atoms with E-state index in [0.717, 1.165) is 33.5 Å². The minimum atomic E-state index is 0.484. The van der Waals surface area contributed by atoms with Crippen LogP contribution < -0.4 is 10.2 Å². The molecule has 0 spiro atoms. The van der Waals surface area contributed by atoms with Gasteiger partial charge in [-0.2, -0.15) is 0 Å². The Morgan fingerprint density at radius 3 is 3.11 bits per heavy atom. The molecule has 0 amide bonds. The second kappa shape index (κ2) is 4.68. The first-order chi connectivity index (χ1) is 8.63. The predicted molar refractivity (Wildman–Crippen MR) is 78.9 cm³/mol. The number of piperazine rings is 1. The molecule has 2 heterocycles. The molecule has 1 aliphatic heterocycles. The van der Waals surface area contributed by atoms with E-state index in [9.17, 15) is 0 Å². The summed E-state index contributed by atoms with van der Waals surface area (Å²) in [6.45, 7) is 6.47. The smallest absolute Gasteiger partial charge is 0.186 e. The van der Waals surface area contributed by atoms with Crippen molar-refractivity contribution >= 4 is 38.3 Å². The predicted octanol–water partition coefficient (Wildman–Crippen LogP) is 3.14. The lowest BCUT2D eigenvalue weighted by molar-refractivity contribution is 0.425. The lowest BCUT2D eigenvalue weighted by Gasteiger charge is -2.37. The summed E-state index contributed by atoms with van der Waals surface area (Å²) < 4.78 is 1.16. The quantitative estimate of drug-likeness (QED) is 0.870. The SMILES string of the molecule is C[C@@H]1CN(c2nc3ccc(Cl)cc3s2)[C@@H](C)CN1. The van der Waals surface area contributed by atoms with E-state index in [-0.39, 0.29) is 0 Å². The van der Waals surface area contributed by atoms with Gasteiger partial charge in [0.2, 0.25) is 0 Å².